The number of nitrogens with zero attached hydrogens (tertiary/aromatic N) is 1. The number of carbonyl (C=O) groups is 1. The summed E-state index contributed by atoms with van der Waals surface area (Å²) in [6.45, 7) is 2.45. The number of sulfonamides is 1. The van der Waals surface area contributed by atoms with Crippen LogP contribution in [0.1, 0.15) is 31.4 Å². The van der Waals surface area contributed by atoms with E-state index in [0.29, 0.717) is 30.2 Å². The highest BCUT2D eigenvalue weighted by atomic mass is 35.5. The Hall–Kier alpha value is -2.09. The molecule has 2 aromatic carbocycles. The first-order valence-electron chi connectivity index (χ1n) is 9.52. The molecule has 29 heavy (non-hydrogen) atoms. The average Bonchev–Trinajstić information content (AvgIpc) is 2.74. The van der Waals surface area contributed by atoms with Gasteiger partial charge in [0, 0.05) is 23.7 Å². The van der Waals surface area contributed by atoms with Crippen LogP contribution in [0.25, 0.3) is 0 Å². The highest BCUT2D eigenvalue weighted by Crippen LogP contribution is 2.27. The van der Waals surface area contributed by atoms with E-state index in [-0.39, 0.29) is 23.4 Å². The Bertz CT molecular complexity index is 963. The van der Waals surface area contributed by atoms with Crippen LogP contribution in [0.5, 0.6) is 5.75 Å². The molecule has 8 heteroatoms. The van der Waals surface area contributed by atoms with Crippen molar-refractivity contribution < 1.29 is 17.9 Å². The minimum atomic E-state index is -3.66. The molecule has 0 aliphatic carbocycles. The quantitative estimate of drug-likeness (QED) is 0.750. The number of nitrogens with one attached hydrogen (secondary N) is 1. The summed E-state index contributed by atoms with van der Waals surface area (Å²) in [5.74, 6) is 0.151. The minimum Gasteiger partial charge on any atom is -0.496 e. The van der Waals surface area contributed by atoms with Crippen molar-refractivity contribution in [1.29, 1.82) is 0 Å². The Morgan fingerprint density at radius 3 is 2.59 bits per heavy atom. The normalized spacial score (nSPS) is 18.8. The number of rotatable bonds is 6. The molecule has 3 rings (SSSR count). The number of methoxy groups -OCH3 is 1. The Kier molecular flexibility index (Phi) is 6.82. The van der Waals surface area contributed by atoms with Gasteiger partial charge in [-0.2, -0.15) is 4.31 Å². The molecule has 2 atom stereocenters. The van der Waals surface area contributed by atoms with Gasteiger partial charge in [-0.1, -0.05) is 29.8 Å². The van der Waals surface area contributed by atoms with Gasteiger partial charge in [0.2, 0.25) is 15.9 Å². The van der Waals surface area contributed by atoms with Gasteiger partial charge in [0.05, 0.1) is 24.0 Å². The Morgan fingerprint density at radius 2 is 1.90 bits per heavy atom. The number of piperidine rings is 1. The van der Waals surface area contributed by atoms with E-state index in [2.05, 4.69) is 5.32 Å². The van der Waals surface area contributed by atoms with Crippen LogP contribution in [0.2, 0.25) is 5.02 Å². The first-order chi connectivity index (χ1) is 13.8. The number of benzene rings is 2. The van der Waals surface area contributed by atoms with Gasteiger partial charge in [-0.3, -0.25) is 4.79 Å². The highest BCUT2D eigenvalue weighted by Gasteiger charge is 2.33. The Labute approximate surface area is 176 Å². The molecule has 1 heterocycles. The maximum Gasteiger partial charge on any atom is 0.243 e. The second kappa shape index (κ2) is 9.15. The largest absolute Gasteiger partial charge is 0.496 e. The summed E-state index contributed by atoms with van der Waals surface area (Å²) in [4.78, 5) is 13.0. The first kappa shape index (κ1) is 21.6. The molecule has 1 fully saturated rings. The Morgan fingerprint density at radius 1 is 1.21 bits per heavy atom. The van der Waals surface area contributed by atoms with Crippen LogP contribution in [0.15, 0.2) is 53.4 Å². The number of hydrogen-bond donors (Lipinski definition) is 1. The van der Waals surface area contributed by atoms with E-state index in [1.807, 2.05) is 31.2 Å². The summed E-state index contributed by atoms with van der Waals surface area (Å²) >= 11 is 5.86. The van der Waals surface area contributed by atoms with E-state index in [1.54, 1.807) is 19.2 Å². The van der Waals surface area contributed by atoms with Crippen LogP contribution in [-0.2, 0) is 14.8 Å². The van der Waals surface area contributed by atoms with Crippen molar-refractivity contribution >= 4 is 27.5 Å². The van der Waals surface area contributed by atoms with Gasteiger partial charge >= 0.3 is 0 Å². The molecule has 1 N–H and O–H groups in total. The molecule has 1 amide bonds. The van der Waals surface area contributed by atoms with Crippen molar-refractivity contribution in [2.75, 3.05) is 20.2 Å². The fraction of sp³-hybridized carbons (Fsp3) is 0.381. The fourth-order valence-electron chi connectivity index (χ4n) is 3.56. The van der Waals surface area contributed by atoms with Gasteiger partial charge in [-0.25, -0.2) is 8.42 Å². The number of hydrogen-bond acceptors (Lipinski definition) is 4. The molecule has 1 saturated heterocycles. The lowest BCUT2D eigenvalue weighted by molar-refractivity contribution is -0.126. The number of ether oxygens (including phenoxy) is 1. The van der Waals surface area contributed by atoms with E-state index in [1.165, 1.54) is 16.4 Å². The highest BCUT2D eigenvalue weighted by molar-refractivity contribution is 7.89. The number of amides is 1. The topological polar surface area (TPSA) is 75.7 Å². The molecule has 0 bridgehead atoms. The zero-order valence-electron chi connectivity index (χ0n) is 16.5. The van der Waals surface area contributed by atoms with Gasteiger partial charge in [-0.15, -0.1) is 0 Å². The third-order valence-electron chi connectivity index (χ3n) is 5.17. The van der Waals surface area contributed by atoms with E-state index in [4.69, 9.17) is 16.3 Å². The Balaban J connectivity index is 1.70. The van der Waals surface area contributed by atoms with E-state index >= 15 is 0 Å². The first-order valence-corrected chi connectivity index (χ1v) is 11.3. The predicted octanol–water partition coefficient (Wildman–Crippen LogP) is 3.63. The lowest BCUT2D eigenvalue weighted by Gasteiger charge is -2.32. The van der Waals surface area contributed by atoms with Crippen molar-refractivity contribution in [3.63, 3.8) is 0 Å². The molecule has 1 aliphatic heterocycles. The maximum absolute atomic E-state index is 12.9. The molecule has 0 aromatic heterocycles. The number of carbonyl (C=O) groups excluding carboxylic acids is 1. The van der Waals surface area contributed by atoms with Crippen LogP contribution < -0.4 is 10.1 Å². The van der Waals surface area contributed by atoms with Crippen molar-refractivity contribution in [1.82, 2.24) is 9.62 Å². The summed E-state index contributed by atoms with van der Waals surface area (Å²) in [5, 5.41) is 3.48. The summed E-state index contributed by atoms with van der Waals surface area (Å²) in [6, 6.07) is 13.4. The molecule has 0 unspecified atom stereocenters. The SMILES string of the molecule is COc1ccccc1[C@H](C)NC(=O)[C@@H]1CCCN(S(=O)(=O)c2ccc(Cl)cc2)C1. The second-order valence-corrected chi connectivity index (χ2v) is 9.50. The lowest BCUT2D eigenvalue weighted by Crippen LogP contribution is -2.45. The predicted molar refractivity (Wildman–Crippen MR) is 112 cm³/mol. The van der Waals surface area contributed by atoms with E-state index < -0.39 is 15.9 Å². The molecule has 2 aromatic rings. The van der Waals surface area contributed by atoms with Gasteiger partial charge in [-0.05, 0) is 50.1 Å². The van der Waals surface area contributed by atoms with E-state index in [0.717, 1.165) is 5.56 Å². The molecule has 6 nitrogen and oxygen atoms in total. The van der Waals surface area contributed by atoms with Crippen molar-refractivity contribution in [2.24, 2.45) is 5.92 Å². The van der Waals surface area contributed by atoms with Gasteiger partial charge < -0.3 is 10.1 Å². The lowest BCUT2D eigenvalue weighted by atomic mass is 9.97. The van der Waals surface area contributed by atoms with Crippen LogP contribution >= 0.6 is 11.6 Å². The molecular formula is C21H25ClN2O4S. The molecule has 1 aliphatic rings. The maximum atomic E-state index is 12.9. The zero-order chi connectivity index (χ0) is 21.0. The zero-order valence-corrected chi connectivity index (χ0v) is 18.0. The van der Waals surface area contributed by atoms with Crippen molar-refractivity contribution in [3.05, 3.63) is 59.1 Å². The molecule has 0 radical (unpaired) electrons. The molecule has 0 saturated carbocycles. The summed E-state index contributed by atoms with van der Waals surface area (Å²) in [7, 11) is -2.07. The van der Waals surface area contributed by atoms with Crippen LogP contribution in [0.4, 0.5) is 0 Å². The third-order valence-corrected chi connectivity index (χ3v) is 7.30. The summed E-state index contributed by atoms with van der Waals surface area (Å²) in [5.41, 5.74) is 0.879. The van der Waals surface area contributed by atoms with Crippen LogP contribution in [-0.4, -0.2) is 38.8 Å². The number of para-hydroxylation sites is 1. The van der Waals surface area contributed by atoms with Crippen LogP contribution in [0.3, 0.4) is 0 Å². The minimum absolute atomic E-state index is 0.153. The number of halogens is 1. The fourth-order valence-corrected chi connectivity index (χ4v) is 5.21. The molecular weight excluding hydrogens is 412 g/mol. The summed E-state index contributed by atoms with van der Waals surface area (Å²) < 4.78 is 32.6. The average molecular weight is 437 g/mol. The monoisotopic (exact) mass is 436 g/mol. The van der Waals surface area contributed by atoms with Crippen molar-refractivity contribution in [2.45, 2.75) is 30.7 Å². The standard InChI is InChI=1S/C21H25ClN2O4S/c1-15(19-7-3-4-8-20(19)28-2)23-21(25)16-6-5-13-24(14-16)29(26,27)18-11-9-17(22)10-12-18/h3-4,7-12,15-16H,5-6,13-14H2,1-2H3,(H,23,25)/t15-,16+/m0/s1. The van der Waals surface area contributed by atoms with Gasteiger partial charge in [0.1, 0.15) is 5.75 Å². The second-order valence-electron chi connectivity index (χ2n) is 7.13. The van der Waals surface area contributed by atoms with Gasteiger partial charge in [0.25, 0.3) is 0 Å². The van der Waals surface area contributed by atoms with Crippen molar-refractivity contribution in [3.8, 4) is 5.75 Å². The van der Waals surface area contributed by atoms with Crippen LogP contribution in [0, 0.1) is 5.92 Å². The smallest absolute Gasteiger partial charge is 0.243 e. The molecule has 0 spiro atoms. The third kappa shape index (κ3) is 4.91. The molecule has 156 valence electrons. The van der Waals surface area contributed by atoms with E-state index in [9.17, 15) is 13.2 Å². The van der Waals surface area contributed by atoms with Gasteiger partial charge in [0.15, 0.2) is 0 Å². The summed E-state index contributed by atoms with van der Waals surface area (Å²) in [6.07, 6.45) is 1.28.